The summed E-state index contributed by atoms with van der Waals surface area (Å²) < 4.78 is 5.33. The summed E-state index contributed by atoms with van der Waals surface area (Å²) in [6, 6.07) is 0. The molecule has 0 N–H and O–H groups in total. The molecule has 0 saturated carbocycles. The third-order valence-electron chi connectivity index (χ3n) is 1.95. The van der Waals surface area contributed by atoms with Gasteiger partial charge in [0.05, 0.1) is 11.7 Å². The zero-order valence-corrected chi connectivity index (χ0v) is 6.59. The number of hydrogen-bond donors (Lipinski definition) is 0. The molecule has 0 spiro atoms. The van der Waals surface area contributed by atoms with Crippen molar-refractivity contribution in [3.05, 3.63) is 0 Å². The van der Waals surface area contributed by atoms with Crippen LogP contribution in [0.3, 0.4) is 0 Å². The van der Waals surface area contributed by atoms with Crippen molar-refractivity contribution >= 4 is 6.29 Å². The van der Waals surface area contributed by atoms with Crippen molar-refractivity contribution in [2.24, 2.45) is 0 Å². The second-order valence-electron chi connectivity index (χ2n) is 3.31. The molecule has 1 aliphatic rings. The van der Waals surface area contributed by atoms with Crippen LogP contribution in [0.25, 0.3) is 0 Å². The first-order valence-electron chi connectivity index (χ1n) is 3.78. The van der Waals surface area contributed by atoms with E-state index in [0.717, 1.165) is 19.1 Å². The van der Waals surface area contributed by atoms with E-state index in [-0.39, 0.29) is 5.60 Å². The van der Waals surface area contributed by atoms with Gasteiger partial charge in [-0.1, -0.05) is 0 Å². The lowest BCUT2D eigenvalue weighted by atomic mass is 10.1. The lowest BCUT2D eigenvalue weighted by molar-refractivity contribution is -0.107. The summed E-state index contributed by atoms with van der Waals surface area (Å²) >= 11 is 0. The summed E-state index contributed by atoms with van der Waals surface area (Å²) in [5.41, 5.74) is 0.100. The van der Waals surface area contributed by atoms with E-state index in [2.05, 4.69) is 13.8 Å². The number of carbonyl (C=O) groups excluding carboxylic acids is 1. The molecule has 2 nitrogen and oxygen atoms in total. The van der Waals surface area contributed by atoms with Gasteiger partial charge in [0.25, 0.3) is 0 Å². The molecule has 0 aromatic carbocycles. The molecule has 1 rings (SSSR count). The van der Waals surface area contributed by atoms with Gasteiger partial charge in [0.1, 0.15) is 6.29 Å². The van der Waals surface area contributed by atoms with Gasteiger partial charge in [0.15, 0.2) is 0 Å². The van der Waals surface area contributed by atoms with Gasteiger partial charge in [-0.2, -0.15) is 0 Å². The van der Waals surface area contributed by atoms with Crippen molar-refractivity contribution in [3.63, 3.8) is 0 Å². The van der Waals surface area contributed by atoms with E-state index in [4.69, 9.17) is 4.74 Å². The van der Waals surface area contributed by atoms with Crippen LogP contribution in [0.2, 0.25) is 0 Å². The van der Waals surface area contributed by atoms with Gasteiger partial charge >= 0.3 is 0 Å². The summed E-state index contributed by atoms with van der Waals surface area (Å²) in [6.07, 6.45) is 4.06. The Balaban J connectivity index is 2.02. The van der Waals surface area contributed by atoms with Gasteiger partial charge in [-0.25, -0.2) is 0 Å². The maximum Gasteiger partial charge on any atom is 0.119 e. The third-order valence-corrected chi connectivity index (χ3v) is 1.95. The average molecular weight is 142 g/mol. The minimum absolute atomic E-state index is 0.100. The molecule has 0 radical (unpaired) electrons. The Labute approximate surface area is 61.6 Å². The van der Waals surface area contributed by atoms with Crippen molar-refractivity contribution in [2.45, 2.75) is 44.8 Å². The van der Waals surface area contributed by atoms with Crippen molar-refractivity contribution in [1.82, 2.24) is 0 Å². The highest BCUT2D eigenvalue weighted by Gasteiger charge is 2.46. The fourth-order valence-corrected chi connectivity index (χ4v) is 1.13. The van der Waals surface area contributed by atoms with Crippen LogP contribution in [0.15, 0.2) is 0 Å². The first kappa shape index (κ1) is 7.73. The van der Waals surface area contributed by atoms with Crippen LogP contribution in [0.5, 0.6) is 0 Å². The highest BCUT2D eigenvalue weighted by Crippen LogP contribution is 2.38. The second kappa shape index (κ2) is 2.70. The molecule has 0 aromatic heterocycles. The van der Waals surface area contributed by atoms with Gasteiger partial charge < -0.3 is 9.53 Å². The molecule has 1 fully saturated rings. The number of unbranched alkanes of at least 4 members (excludes halogenated alkanes) is 1. The van der Waals surface area contributed by atoms with E-state index < -0.39 is 0 Å². The summed E-state index contributed by atoms with van der Waals surface area (Å²) in [5.74, 6) is 0. The van der Waals surface area contributed by atoms with Crippen LogP contribution in [0.4, 0.5) is 0 Å². The first-order valence-corrected chi connectivity index (χ1v) is 3.78. The fraction of sp³-hybridized carbons (Fsp3) is 0.875. The molecule has 1 saturated heterocycles. The predicted molar refractivity (Wildman–Crippen MR) is 38.9 cm³/mol. The van der Waals surface area contributed by atoms with E-state index in [0.29, 0.717) is 12.5 Å². The predicted octanol–water partition coefficient (Wildman–Crippen LogP) is 1.53. The molecule has 1 unspecified atom stereocenters. The number of aldehydes is 1. The molecular formula is C8H14O2. The number of hydrogen-bond acceptors (Lipinski definition) is 2. The molecule has 0 amide bonds. The van der Waals surface area contributed by atoms with Gasteiger partial charge in [0.2, 0.25) is 0 Å². The number of rotatable bonds is 4. The standard InChI is InChI=1S/C8H14O2/c1-8(2)7(10-8)5-3-4-6-9/h6-7H,3-5H2,1-2H3. The van der Waals surface area contributed by atoms with Crippen LogP contribution in [0, 0.1) is 0 Å². The van der Waals surface area contributed by atoms with Crippen molar-refractivity contribution in [3.8, 4) is 0 Å². The maximum absolute atomic E-state index is 9.93. The Morgan fingerprint density at radius 3 is 2.60 bits per heavy atom. The van der Waals surface area contributed by atoms with Gasteiger partial charge in [-0.05, 0) is 26.7 Å². The van der Waals surface area contributed by atoms with Crippen LogP contribution < -0.4 is 0 Å². The van der Waals surface area contributed by atoms with Crippen molar-refractivity contribution < 1.29 is 9.53 Å². The summed E-state index contributed by atoms with van der Waals surface area (Å²) in [5, 5.41) is 0. The molecule has 0 aliphatic carbocycles. The van der Waals surface area contributed by atoms with E-state index in [1.807, 2.05) is 0 Å². The average Bonchev–Trinajstić information content (AvgIpc) is 2.41. The minimum Gasteiger partial charge on any atom is -0.367 e. The third kappa shape index (κ3) is 1.81. The topological polar surface area (TPSA) is 29.6 Å². The molecule has 0 aromatic rings. The monoisotopic (exact) mass is 142 g/mol. The van der Waals surface area contributed by atoms with Crippen LogP contribution in [0.1, 0.15) is 33.1 Å². The van der Waals surface area contributed by atoms with E-state index >= 15 is 0 Å². The first-order chi connectivity index (χ1) is 4.67. The summed E-state index contributed by atoms with van der Waals surface area (Å²) in [6.45, 7) is 4.16. The summed E-state index contributed by atoms with van der Waals surface area (Å²) in [4.78, 5) is 9.93. The normalized spacial score (nSPS) is 28.0. The fourth-order valence-electron chi connectivity index (χ4n) is 1.13. The number of ether oxygens (including phenoxy) is 1. The molecule has 1 atom stereocenters. The lowest BCUT2D eigenvalue weighted by Gasteiger charge is -1.93. The zero-order valence-electron chi connectivity index (χ0n) is 6.59. The zero-order chi connectivity index (χ0) is 7.61. The Morgan fingerprint density at radius 1 is 1.60 bits per heavy atom. The van der Waals surface area contributed by atoms with Gasteiger partial charge in [-0.15, -0.1) is 0 Å². The summed E-state index contributed by atoms with van der Waals surface area (Å²) in [7, 11) is 0. The van der Waals surface area contributed by atoms with Crippen LogP contribution in [-0.4, -0.2) is 18.0 Å². The minimum atomic E-state index is 0.100. The van der Waals surface area contributed by atoms with Crippen LogP contribution >= 0.6 is 0 Å². The van der Waals surface area contributed by atoms with E-state index in [9.17, 15) is 4.79 Å². The smallest absolute Gasteiger partial charge is 0.119 e. The molecular weight excluding hydrogens is 128 g/mol. The van der Waals surface area contributed by atoms with E-state index in [1.165, 1.54) is 0 Å². The Morgan fingerprint density at radius 2 is 2.20 bits per heavy atom. The molecule has 1 heterocycles. The highest BCUT2D eigenvalue weighted by atomic mass is 16.6. The van der Waals surface area contributed by atoms with Crippen molar-refractivity contribution in [1.29, 1.82) is 0 Å². The number of carbonyl (C=O) groups is 1. The Bertz CT molecular complexity index is 129. The van der Waals surface area contributed by atoms with Crippen molar-refractivity contribution in [2.75, 3.05) is 0 Å². The van der Waals surface area contributed by atoms with Crippen LogP contribution in [-0.2, 0) is 9.53 Å². The van der Waals surface area contributed by atoms with Gasteiger partial charge in [-0.3, -0.25) is 0 Å². The molecule has 58 valence electrons. The van der Waals surface area contributed by atoms with E-state index in [1.54, 1.807) is 0 Å². The molecule has 10 heavy (non-hydrogen) atoms. The molecule has 1 aliphatic heterocycles. The number of epoxide rings is 1. The second-order valence-corrected chi connectivity index (χ2v) is 3.31. The Hall–Kier alpha value is -0.370. The maximum atomic E-state index is 9.93. The quantitative estimate of drug-likeness (QED) is 0.338. The highest BCUT2D eigenvalue weighted by molar-refractivity contribution is 5.48. The van der Waals surface area contributed by atoms with Gasteiger partial charge in [0, 0.05) is 6.42 Å². The SMILES string of the molecule is CC1(C)OC1CCCC=O. The molecule has 2 heteroatoms. The largest absolute Gasteiger partial charge is 0.367 e. The lowest BCUT2D eigenvalue weighted by Crippen LogP contribution is -2.02. The Kier molecular flexibility index (Phi) is 2.09. The molecule has 0 bridgehead atoms.